The molecular formula is C11H17N3O. The Hall–Kier alpha value is -1.16. The second-order valence-electron chi connectivity index (χ2n) is 4.34. The van der Waals surface area contributed by atoms with Gasteiger partial charge in [-0.2, -0.15) is 0 Å². The maximum atomic E-state index is 9.21. The van der Waals surface area contributed by atoms with Crippen LogP contribution in [0.5, 0.6) is 0 Å². The molecule has 1 aliphatic carbocycles. The first-order valence-corrected chi connectivity index (χ1v) is 5.33. The fourth-order valence-electron chi connectivity index (χ4n) is 2.10. The van der Waals surface area contributed by atoms with E-state index in [1.165, 1.54) is 0 Å². The molecule has 15 heavy (non-hydrogen) atoms. The van der Waals surface area contributed by atoms with Crippen LogP contribution in [-0.2, 0) is 0 Å². The number of rotatable bonds is 3. The summed E-state index contributed by atoms with van der Waals surface area (Å²) < 4.78 is 0. The van der Waals surface area contributed by atoms with E-state index >= 15 is 0 Å². The Morgan fingerprint density at radius 1 is 1.40 bits per heavy atom. The predicted octanol–water partition coefficient (Wildman–Crippen LogP) is 0.992. The van der Waals surface area contributed by atoms with Crippen molar-refractivity contribution in [3.05, 3.63) is 18.1 Å². The van der Waals surface area contributed by atoms with Gasteiger partial charge in [0.25, 0.3) is 0 Å². The Labute approximate surface area is 90.0 Å². The summed E-state index contributed by atoms with van der Waals surface area (Å²) in [5.74, 6) is 1.55. The zero-order valence-corrected chi connectivity index (χ0v) is 9.22. The number of aromatic nitrogens is 2. The molecule has 0 aromatic carbocycles. The Bertz CT molecular complexity index is 336. The van der Waals surface area contributed by atoms with E-state index in [1.54, 1.807) is 12.4 Å². The van der Waals surface area contributed by atoms with Gasteiger partial charge < -0.3 is 10.0 Å². The Kier molecular flexibility index (Phi) is 2.86. The van der Waals surface area contributed by atoms with Gasteiger partial charge in [-0.3, -0.25) is 4.98 Å². The lowest BCUT2D eigenvalue weighted by Crippen LogP contribution is -2.37. The van der Waals surface area contributed by atoms with Gasteiger partial charge in [-0.15, -0.1) is 0 Å². The third-order valence-corrected chi connectivity index (χ3v) is 2.96. The van der Waals surface area contributed by atoms with Crippen molar-refractivity contribution in [2.45, 2.75) is 25.9 Å². The third-order valence-electron chi connectivity index (χ3n) is 2.96. The molecule has 0 amide bonds. The van der Waals surface area contributed by atoms with E-state index in [4.69, 9.17) is 0 Å². The Balaban J connectivity index is 1.96. The van der Waals surface area contributed by atoms with Gasteiger partial charge in [-0.25, -0.2) is 4.98 Å². The van der Waals surface area contributed by atoms with Crippen molar-refractivity contribution in [2.75, 3.05) is 18.5 Å². The molecule has 82 valence electrons. The fraction of sp³-hybridized carbons (Fsp3) is 0.636. The Morgan fingerprint density at radius 3 is 2.67 bits per heavy atom. The summed E-state index contributed by atoms with van der Waals surface area (Å²) >= 11 is 0. The van der Waals surface area contributed by atoms with Crippen LogP contribution in [0, 0.1) is 12.8 Å². The summed E-state index contributed by atoms with van der Waals surface area (Å²) in [6.45, 7) is 2.92. The zero-order valence-electron chi connectivity index (χ0n) is 9.22. The van der Waals surface area contributed by atoms with Gasteiger partial charge >= 0.3 is 0 Å². The van der Waals surface area contributed by atoms with Crippen molar-refractivity contribution in [1.29, 1.82) is 0 Å². The van der Waals surface area contributed by atoms with E-state index in [1.807, 2.05) is 14.0 Å². The van der Waals surface area contributed by atoms with Crippen LogP contribution in [0.15, 0.2) is 12.4 Å². The van der Waals surface area contributed by atoms with Gasteiger partial charge in [0.15, 0.2) is 0 Å². The molecule has 1 N–H and O–H groups in total. The largest absolute Gasteiger partial charge is 0.393 e. The molecule has 0 bridgehead atoms. The number of nitrogens with zero attached hydrogens (tertiary/aromatic N) is 3. The van der Waals surface area contributed by atoms with Gasteiger partial charge in [-0.1, -0.05) is 0 Å². The molecular weight excluding hydrogens is 190 g/mol. The van der Waals surface area contributed by atoms with Crippen molar-refractivity contribution in [3.8, 4) is 0 Å². The number of aryl methyl sites for hydroxylation is 1. The number of aliphatic hydroxyl groups is 1. The van der Waals surface area contributed by atoms with E-state index in [-0.39, 0.29) is 6.10 Å². The maximum absolute atomic E-state index is 9.21. The van der Waals surface area contributed by atoms with Crippen LogP contribution in [0.1, 0.15) is 18.5 Å². The minimum atomic E-state index is -0.0774. The van der Waals surface area contributed by atoms with Gasteiger partial charge in [0.05, 0.1) is 11.8 Å². The lowest BCUT2D eigenvalue weighted by atomic mass is 9.82. The highest BCUT2D eigenvalue weighted by molar-refractivity contribution is 5.41. The molecule has 2 rings (SSSR count). The maximum Gasteiger partial charge on any atom is 0.149 e. The highest BCUT2D eigenvalue weighted by Crippen LogP contribution is 2.28. The number of aliphatic hydroxyl groups excluding tert-OH is 1. The van der Waals surface area contributed by atoms with Crippen molar-refractivity contribution in [1.82, 2.24) is 9.97 Å². The molecule has 0 unspecified atom stereocenters. The van der Waals surface area contributed by atoms with Crippen molar-refractivity contribution < 1.29 is 5.11 Å². The molecule has 1 heterocycles. The minimum absolute atomic E-state index is 0.0774. The molecule has 4 heteroatoms. The standard InChI is InChI=1S/C11H17N3O/c1-8-11(13-4-3-12-8)14(2)7-9-5-10(15)6-9/h3-4,9-10,15H,5-7H2,1-2H3. The monoisotopic (exact) mass is 207 g/mol. The van der Waals surface area contributed by atoms with Crippen LogP contribution in [0.25, 0.3) is 0 Å². The van der Waals surface area contributed by atoms with Crippen LogP contribution < -0.4 is 4.90 Å². The highest BCUT2D eigenvalue weighted by atomic mass is 16.3. The first kappa shape index (κ1) is 10.4. The van der Waals surface area contributed by atoms with E-state index in [2.05, 4.69) is 14.9 Å². The topological polar surface area (TPSA) is 49.2 Å². The van der Waals surface area contributed by atoms with Crippen LogP contribution in [0.2, 0.25) is 0 Å². The first-order valence-electron chi connectivity index (χ1n) is 5.33. The summed E-state index contributed by atoms with van der Waals surface area (Å²) in [5, 5.41) is 9.21. The second-order valence-corrected chi connectivity index (χ2v) is 4.34. The molecule has 0 saturated heterocycles. The van der Waals surface area contributed by atoms with E-state index < -0.39 is 0 Å². The van der Waals surface area contributed by atoms with Crippen LogP contribution >= 0.6 is 0 Å². The number of hydrogen-bond donors (Lipinski definition) is 1. The minimum Gasteiger partial charge on any atom is -0.393 e. The van der Waals surface area contributed by atoms with Gasteiger partial charge in [0.1, 0.15) is 5.82 Å². The summed E-state index contributed by atoms with van der Waals surface area (Å²) in [4.78, 5) is 10.6. The molecule has 0 atom stereocenters. The fourth-order valence-corrected chi connectivity index (χ4v) is 2.10. The lowest BCUT2D eigenvalue weighted by molar-refractivity contribution is 0.0464. The third kappa shape index (κ3) is 2.26. The predicted molar refractivity (Wildman–Crippen MR) is 58.8 cm³/mol. The van der Waals surface area contributed by atoms with E-state index in [0.717, 1.165) is 30.9 Å². The smallest absolute Gasteiger partial charge is 0.149 e. The normalized spacial score (nSPS) is 24.7. The SMILES string of the molecule is Cc1nccnc1N(C)CC1CC(O)C1. The molecule has 1 aliphatic rings. The highest BCUT2D eigenvalue weighted by Gasteiger charge is 2.28. The quantitative estimate of drug-likeness (QED) is 0.803. The summed E-state index contributed by atoms with van der Waals surface area (Å²) in [6, 6.07) is 0. The second kappa shape index (κ2) is 4.14. The summed E-state index contributed by atoms with van der Waals surface area (Å²) in [7, 11) is 2.03. The average Bonchev–Trinajstić information content (AvgIpc) is 2.16. The van der Waals surface area contributed by atoms with Crippen molar-refractivity contribution in [2.24, 2.45) is 5.92 Å². The van der Waals surface area contributed by atoms with Crippen LogP contribution in [0.3, 0.4) is 0 Å². The van der Waals surface area contributed by atoms with E-state index in [9.17, 15) is 5.11 Å². The van der Waals surface area contributed by atoms with Crippen LogP contribution in [0.4, 0.5) is 5.82 Å². The van der Waals surface area contributed by atoms with Gasteiger partial charge in [0, 0.05) is 26.0 Å². The molecule has 1 aromatic heterocycles. The molecule has 4 nitrogen and oxygen atoms in total. The number of hydrogen-bond acceptors (Lipinski definition) is 4. The molecule has 1 saturated carbocycles. The lowest BCUT2D eigenvalue weighted by Gasteiger charge is -2.34. The number of anilines is 1. The Morgan fingerprint density at radius 2 is 2.07 bits per heavy atom. The molecule has 1 aromatic rings. The molecule has 1 fully saturated rings. The molecule has 0 spiro atoms. The van der Waals surface area contributed by atoms with E-state index in [0.29, 0.717) is 5.92 Å². The average molecular weight is 207 g/mol. The van der Waals surface area contributed by atoms with Crippen LogP contribution in [-0.4, -0.2) is 34.8 Å². The van der Waals surface area contributed by atoms with Gasteiger partial charge in [0.2, 0.25) is 0 Å². The summed E-state index contributed by atoms with van der Waals surface area (Å²) in [5.41, 5.74) is 0.958. The molecule has 0 radical (unpaired) electrons. The summed E-state index contributed by atoms with van der Waals surface area (Å²) in [6.07, 6.45) is 5.19. The van der Waals surface area contributed by atoms with Gasteiger partial charge in [-0.05, 0) is 25.7 Å². The first-order chi connectivity index (χ1) is 7.16. The molecule has 0 aliphatic heterocycles. The van der Waals surface area contributed by atoms with Crippen molar-refractivity contribution >= 4 is 5.82 Å². The zero-order chi connectivity index (χ0) is 10.8. The van der Waals surface area contributed by atoms with Crippen molar-refractivity contribution in [3.63, 3.8) is 0 Å².